The molecule has 1 amide bonds. The summed E-state index contributed by atoms with van der Waals surface area (Å²) in [6.07, 6.45) is 3.15. The Bertz CT molecular complexity index is 1220. The molecule has 0 saturated heterocycles. The van der Waals surface area contributed by atoms with E-state index in [9.17, 15) is 10.1 Å². The van der Waals surface area contributed by atoms with E-state index >= 15 is 0 Å². The average molecular weight is 566 g/mol. The van der Waals surface area contributed by atoms with E-state index in [1.807, 2.05) is 42.5 Å². The Morgan fingerprint density at radius 2 is 1.85 bits per heavy atom. The van der Waals surface area contributed by atoms with Gasteiger partial charge in [0.15, 0.2) is 11.5 Å². The van der Waals surface area contributed by atoms with E-state index in [0.29, 0.717) is 41.7 Å². The summed E-state index contributed by atoms with van der Waals surface area (Å²) >= 11 is 2.12. The number of amides is 1. The molecule has 3 aromatic carbocycles. The fourth-order valence-corrected chi connectivity index (χ4v) is 3.78. The Hall–Kier alpha value is -3.77. The SMILES string of the molecule is C=CCOc1c(I)cc(/C=C(\C#N)C(=O)Nc2ccc(OCc3ccccc3)cc2)cc1OC. The third-order valence-electron chi connectivity index (χ3n) is 4.63. The van der Waals surface area contributed by atoms with Crippen LogP contribution in [0.1, 0.15) is 11.1 Å². The van der Waals surface area contributed by atoms with Gasteiger partial charge in [-0.2, -0.15) is 5.26 Å². The van der Waals surface area contributed by atoms with Crippen LogP contribution in [0.4, 0.5) is 5.69 Å². The maximum atomic E-state index is 12.7. The number of carbonyl (C=O) groups excluding carboxylic acids is 1. The second-order valence-corrected chi connectivity index (χ2v) is 8.22. The van der Waals surface area contributed by atoms with Crippen molar-refractivity contribution in [1.82, 2.24) is 0 Å². The van der Waals surface area contributed by atoms with E-state index in [4.69, 9.17) is 14.2 Å². The smallest absolute Gasteiger partial charge is 0.266 e. The quantitative estimate of drug-likeness (QED) is 0.141. The number of nitrogens with one attached hydrogen (secondary N) is 1. The molecule has 0 aliphatic carbocycles. The van der Waals surface area contributed by atoms with Crippen LogP contribution in [0.5, 0.6) is 17.2 Å². The lowest BCUT2D eigenvalue weighted by Crippen LogP contribution is -2.13. The normalized spacial score (nSPS) is 10.7. The monoisotopic (exact) mass is 566 g/mol. The van der Waals surface area contributed by atoms with Crippen LogP contribution >= 0.6 is 22.6 Å². The number of hydrogen-bond acceptors (Lipinski definition) is 5. The van der Waals surface area contributed by atoms with Gasteiger partial charge in [0.2, 0.25) is 0 Å². The van der Waals surface area contributed by atoms with Crippen molar-refractivity contribution < 1.29 is 19.0 Å². The van der Waals surface area contributed by atoms with Gasteiger partial charge < -0.3 is 19.5 Å². The van der Waals surface area contributed by atoms with Gasteiger partial charge in [0.05, 0.1) is 10.7 Å². The second-order valence-electron chi connectivity index (χ2n) is 7.06. The van der Waals surface area contributed by atoms with Crippen LogP contribution in [-0.4, -0.2) is 19.6 Å². The Kier molecular flexibility index (Phi) is 9.12. The Morgan fingerprint density at radius 1 is 1.12 bits per heavy atom. The number of carbonyl (C=O) groups is 1. The van der Waals surface area contributed by atoms with Gasteiger partial charge in [-0.1, -0.05) is 43.0 Å². The number of hydrogen-bond donors (Lipinski definition) is 1. The zero-order chi connectivity index (χ0) is 24.3. The summed E-state index contributed by atoms with van der Waals surface area (Å²) < 4.78 is 17.6. The maximum Gasteiger partial charge on any atom is 0.266 e. The van der Waals surface area contributed by atoms with Crippen LogP contribution in [-0.2, 0) is 11.4 Å². The summed E-state index contributed by atoms with van der Waals surface area (Å²) in [5.74, 6) is 1.25. The zero-order valence-electron chi connectivity index (χ0n) is 18.6. The lowest BCUT2D eigenvalue weighted by atomic mass is 10.1. The van der Waals surface area contributed by atoms with Gasteiger partial charge in [-0.3, -0.25) is 4.79 Å². The fraction of sp³-hybridized carbons (Fsp3) is 0.111. The highest BCUT2D eigenvalue weighted by Gasteiger charge is 2.14. The molecular formula is C27H23IN2O4. The molecule has 0 aliphatic heterocycles. The summed E-state index contributed by atoms with van der Waals surface area (Å²) in [6, 6.07) is 22.3. The highest BCUT2D eigenvalue weighted by Crippen LogP contribution is 2.34. The molecule has 0 atom stereocenters. The molecule has 0 radical (unpaired) electrons. The van der Waals surface area contributed by atoms with Gasteiger partial charge in [-0.05, 0) is 76.2 Å². The van der Waals surface area contributed by atoms with Crippen LogP contribution < -0.4 is 19.5 Å². The molecule has 0 fully saturated rings. The van der Waals surface area contributed by atoms with E-state index in [2.05, 4.69) is 34.5 Å². The first-order chi connectivity index (χ1) is 16.5. The second kappa shape index (κ2) is 12.5. The van der Waals surface area contributed by atoms with Gasteiger partial charge in [-0.25, -0.2) is 0 Å². The molecule has 0 spiro atoms. The van der Waals surface area contributed by atoms with Gasteiger partial charge in [-0.15, -0.1) is 0 Å². The summed E-state index contributed by atoms with van der Waals surface area (Å²) in [4.78, 5) is 12.7. The molecule has 3 rings (SSSR count). The molecule has 172 valence electrons. The molecule has 7 heteroatoms. The number of halogens is 1. The topological polar surface area (TPSA) is 80.6 Å². The number of anilines is 1. The highest BCUT2D eigenvalue weighted by atomic mass is 127. The lowest BCUT2D eigenvalue weighted by Gasteiger charge is -2.12. The van der Waals surface area contributed by atoms with Crippen molar-refractivity contribution in [2.24, 2.45) is 0 Å². The van der Waals surface area contributed by atoms with Crippen LogP contribution in [0, 0.1) is 14.9 Å². The third kappa shape index (κ3) is 6.86. The predicted molar refractivity (Wildman–Crippen MR) is 141 cm³/mol. The molecule has 0 aliphatic rings. The lowest BCUT2D eigenvalue weighted by molar-refractivity contribution is -0.112. The first-order valence-electron chi connectivity index (χ1n) is 10.3. The van der Waals surface area contributed by atoms with Crippen LogP contribution in [0.25, 0.3) is 6.08 Å². The van der Waals surface area contributed by atoms with Crippen molar-refractivity contribution in [3.63, 3.8) is 0 Å². The molecule has 0 heterocycles. The summed E-state index contributed by atoms with van der Waals surface area (Å²) in [5.41, 5.74) is 2.22. The molecule has 34 heavy (non-hydrogen) atoms. The van der Waals surface area contributed by atoms with Crippen molar-refractivity contribution >= 4 is 40.3 Å². The van der Waals surface area contributed by atoms with Crippen molar-refractivity contribution in [2.45, 2.75) is 6.61 Å². The number of methoxy groups -OCH3 is 1. The summed E-state index contributed by atoms with van der Waals surface area (Å²) in [7, 11) is 1.53. The maximum absolute atomic E-state index is 12.7. The average Bonchev–Trinajstić information content (AvgIpc) is 2.86. The van der Waals surface area contributed by atoms with Crippen LogP contribution in [0.2, 0.25) is 0 Å². The van der Waals surface area contributed by atoms with Gasteiger partial charge >= 0.3 is 0 Å². The van der Waals surface area contributed by atoms with Crippen molar-refractivity contribution in [2.75, 3.05) is 19.0 Å². The number of nitriles is 1. The molecule has 0 unspecified atom stereocenters. The van der Waals surface area contributed by atoms with Gasteiger partial charge in [0.1, 0.15) is 30.6 Å². The molecule has 6 nitrogen and oxygen atoms in total. The molecule has 1 N–H and O–H groups in total. The van der Waals surface area contributed by atoms with Crippen molar-refractivity contribution in [3.8, 4) is 23.3 Å². The molecule has 0 aromatic heterocycles. The minimum atomic E-state index is -0.513. The molecular weight excluding hydrogens is 543 g/mol. The first kappa shape index (κ1) is 24.9. The van der Waals surface area contributed by atoms with E-state index in [1.165, 1.54) is 13.2 Å². The van der Waals surface area contributed by atoms with E-state index in [1.54, 1.807) is 36.4 Å². The highest BCUT2D eigenvalue weighted by molar-refractivity contribution is 14.1. The standard InChI is InChI=1S/C27H23IN2O4/c1-3-13-33-26-24(28)15-20(16-25(26)32-2)14-21(17-29)27(31)30-22-9-11-23(12-10-22)34-18-19-7-5-4-6-8-19/h3-12,14-16H,1,13,18H2,2H3,(H,30,31)/b21-14+. The van der Waals surface area contributed by atoms with Gasteiger partial charge in [0, 0.05) is 5.69 Å². The van der Waals surface area contributed by atoms with Crippen molar-refractivity contribution in [3.05, 3.63) is 99.7 Å². The zero-order valence-corrected chi connectivity index (χ0v) is 20.7. The number of rotatable bonds is 10. The Morgan fingerprint density at radius 3 is 2.50 bits per heavy atom. The first-order valence-corrected chi connectivity index (χ1v) is 11.4. The van der Waals surface area contributed by atoms with E-state index in [0.717, 1.165) is 9.13 Å². The fourth-order valence-electron chi connectivity index (χ4n) is 2.99. The minimum Gasteiger partial charge on any atom is -0.493 e. The third-order valence-corrected chi connectivity index (χ3v) is 5.44. The van der Waals surface area contributed by atoms with Crippen molar-refractivity contribution in [1.29, 1.82) is 5.26 Å². The summed E-state index contributed by atoms with van der Waals surface area (Å²) in [6.45, 7) is 4.43. The molecule has 0 saturated carbocycles. The molecule has 3 aromatic rings. The predicted octanol–water partition coefficient (Wildman–Crippen LogP) is 5.99. The van der Waals surface area contributed by atoms with Gasteiger partial charge in [0.25, 0.3) is 5.91 Å². The largest absolute Gasteiger partial charge is 0.493 e. The van der Waals surface area contributed by atoms with E-state index in [-0.39, 0.29) is 5.57 Å². The minimum absolute atomic E-state index is 0.0398. The number of ether oxygens (including phenoxy) is 3. The van der Waals surface area contributed by atoms with Crippen LogP contribution in [0.3, 0.4) is 0 Å². The van der Waals surface area contributed by atoms with E-state index < -0.39 is 5.91 Å². The Labute approximate surface area is 212 Å². The summed E-state index contributed by atoms with van der Waals surface area (Å²) in [5, 5.41) is 12.3. The number of benzene rings is 3. The Balaban J connectivity index is 1.69. The number of nitrogens with zero attached hydrogens (tertiary/aromatic N) is 1. The molecule has 0 bridgehead atoms. The van der Waals surface area contributed by atoms with Crippen LogP contribution in [0.15, 0.2) is 85.0 Å².